The van der Waals surface area contributed by atoms with Crippen molar-refractivity contribution in [2.45, 2.75) is 61.9 Å². The number of ether oxygens (including phenoxy) is 4. The van der Waals surface area contributed by atoms with Crippen molar-refractivity contribution in [1.82, 2.24) is 4.90 Å². The number of carbonyl (C=O) groups excluding carboxylic acids is 2. The molecule has 1 spiro atoms. The number of aliphatic carboxylic acids is 1. The number of hydrogen-bond donors (Lipinski definition) is 2. The van der Waals surface area contributed by atoms with E-state index in [2.05, 4.69) is 4.90 Å². The van der Waals surface area contributed by atoms with Crippen LogP contribution < -0.4 is 9.47 Å². The molecule has 1 aromatic carbocycles. The van der Waals surface area contributed by atoms with Crippen LogP contribution in [0.25, 0.3) is 0 Å². The smallest absolute Gasteiger partial charge is 0.345 e. The molecule has 34 heavy (non-hydrogen) atoms. The molecular formula is C24H27NO9. The van der Waals surface area contributed by atoms with Crippen molar-refractivity contribution in [2.24, 2.45) is 0 Å². The summed E-state index contributed by atoms with van der Waals surface area (Å²) in [5.74, 6) is -1.82. The Morgan fingerprint density at radius 2 is 2.09 bits per heavy atom. The van der Waals surface area contributed by atoms with Gasteiger partial charge in [-0.3, -0.25) is 9.59 Å². The van der Waals surface area contributed by atoms with Crippen molar-refractivity contribution in [1.29, 1.82) is 0 Å². The van der Waals surface area contributed by atoms with E-state index in [-0.39, 0.29) is 18.2 Å². The van der Waals surface area contributed by atoms with E-state index >= 15 is 0 Å². The fraction of sp³-hybridized carbons (Fsp3) is 0.542. The van der Waals surface area contributed by atoms with Gasteiger partial charge in [0.25, 0.3) is 0 Å². The second-order valence-electron chi connectivity index (χ2n) is 9.40. The van der Waals surface area contributed by atoms with Crippen molar-refractivity contribution in [3.05, 3.63) is 35.1 Å². The maximum absolute atomic E-state index is 12.7. The van der Waals surface area contributed by atoms with Crippen LogP contribution in [0.2, 0.25) is 0 Å². The number of benzene rings is 1. The maximum Gasteiger partial charge on any atom is 0.345 e. The summed E-state index contributed by atoms with van der Waals surface area (Å²) in [6, 6.07) is 3.69. The third-order valence-electron chi connectivity index (χ3n) is 7.73. The lowest BCUT2D eigenvalue weighted by atomic mass is 9.50. The summed E-state index contributed by atoms with van der Waals surface area (Å²) in [4.78, 5) is 37.4. The first-order chi connectivity index (χ1) is 16.1. The molecule has 4 aliphatic rings. The number of nitrogens with zero attached hydrogens (tertiary/aromatic N) is 1. The van der Waals surface area contributed by atoms with Crippen LogP contribution in [0.5, 0.6) is 11.5 Å². The summed E-state index contributed by atoms with van der Waals surface area (Å²) in [5.41, 5.74) is -0.0257. The zero-order valence-corrected chi connectivity index (χ0v) is 19.2. The number of likely N-dealkylation sites (N-methyl/N-ethyl adjacent to an activating group) is 1. The summed E-state index contributed by atoms with van der Waals surface area (Å²) in [5, 5.41) is 21.4. The number of carboxylic acids is 1. The van der Waals surface area contributed by atoms with Gasteiger partial charge in [0.15, 0.2) is 17.6 Å². The number of rotatable bonds is 6. The van der Waals surface area contributed by atoms with Crippen molar-refractivity contribution in [2.75, 3.05) is 20.7 Å². The van der Waals surface area contributed by atoms with Crippen molar-refractivity contribution in [3.8, 4) is 11.5 Å². The van der Waals surface area contributed by atoms with Gasteiger partial charge in [-0.15, -0.1) is 0 Å². The quantitative estimate of drug-likeness (QED) is 0.575. The number of piperidine rings is 1. The minimum atomic E-state index is -1.65. The fourth-order valence-electron chi connectivity index (χ4n) is 6.29. The highest BCUT2D eigenvalue weighted by molar-refractivity contribution is 5.83. The predicted molar refractivity (Wildman–Crippen MR) is 115 cm³/mol. The molecule has 2 bridgehead atoms. The van der Waals surface area contributed by atoms with E-state index in [1.807, 2.05) is 19.2 Å². The van der Waals surface area contributed by atoms with E-state index in [1.54, 1.807) is 13.2 Å². The van der Waals surface area contributed by atoms with Gasteiger partial charge in [0.05, 0.1) is 24.5 Å². The second kappa shape index (κ2) is 7.71. The van der Waals surface area contributed by atoms with Crippen molar-refractivity contribution < 1.29 is 43.5 Å². The molecule has 1 saturated heterocycles. The van der Waals surface area contributed by atoms with Crippen LogP contribution in [0.1, 0.15) is 37.3 Å². The molecule has 5 rings (SSSR count). The minimum Gasteiger partial charge on any atom is -0.493 e. The molecule has 1 fully saturated rings. The Labute approximate surface area is 196 Å². The number of carbonyl (C=O) groups is 3. The molecule has 0 unspecified atom stereocenters. The Morgan fingerprint density at radius 1 is 1.32 bits per heavy atom. The molecule has 0 amide bonds. The normalized spacial score (nSPS) is 31.5. The predicted octanol–water partition coefficient (Wildman–Crippen LogP) is 0.922. The average molecular weight is 473 g/mol. The van der Waals surface area contributed by atoms with Crippen LogP contribution in [0, 0.1) is 0 Å². The number of aliphatic hydroxyl groups is 1. The summed E-state index contributed by atoms with van der Waals surface area (Å²) in [7, 11) is 3.54. The molecule has 10 nitrogen and oxygen atoms in total. The largest absolute Gasteiger partial charge is 0.493 e. The highest BCUT2D eigenvalue weighted by atomic mass is 16.6. The monoisotopic (exact) mass is 473 g/mol. The molecule has 0 radical (unpaired) electrons. The standard InChI is InChI=1S/C24H27NO9/c1-12(26)32-16(22(28)29)11-18(27)33-15-6-7-24(30)17-10-13-4-5-14(31-3)20-19(13)23(24,21(15)34-20)8-9-25(17)2/h4-6,16-17,21,30H,7-11H2,1-3H3,(H,28,29)/t16-,17+,21-,23-,24+/m0/s1. The molecule has 0 saturated carbocycles. The van der Waals surface area contributed by atoms with E-state index < -0.39 is 47.6 Å². The van der Waals surface area contributed by atoms with Gasteiger partial charge in [-0.25, -0.2) is 4.79 Å². The van der Waals surface area contributed by atoms with E-state index in [0.29, 0.717) is 24.3 Å². The maximum atomic E-state index is 12.7. The summed E-state index contributed by atoms with van der Waals surface area (Å²) >= 11 is 0. The Hall–Kier alpha value is -3.11. The van der Waals surface area contributed by atoms with E-state index in [1.165, 1.54) is 0 Å². The van der Waals surface area contributed by atoms with Crippen molar-refractivity contribution in [3.63, 3.8) is 0 Å². The van der Waals surface area contributed by atoms with E-state index in [4.69, 9.17) is 18.9 Å². The summed E-state index contributed by atoms with van der Waals surface area (Å²) < 4.78 is 22.3. The molecule has 0 aromatic heterocycles. The number of methoxy groups -OCH3 is 1. The molecule has 2 heterocycles. The van der Waals surface area contributed by atoms with Gasteiger partial charge < -0.3 is 34.1 Å². The molecule has 1 aromatic rings. The number of carboxylic acid groups (broad SMARTS) is 1. The first kappa shape index (κ1) is 22.7. The van der Waals surface area contributed by atoms with Gasteiger partial charge in [-0.05, 0) is 44.1 Å². The zero-order valence-electron chi connectivity index (χ0n) is 19.2. The Balaban J connectivity index is 1.52. The van der Waals surface area contributed by atoms with Gasteiger partial charge in [0.1, 0.15) is 5.76 Å². The molecule has 2 N–H and O–H groups in total. The third-order valence-corrected chi connectivity index (χ3v) is 7.73. The average Bonchev–Trinajstić information content (AvgIpc) is 3.13. The van der Waals surface area contributed by atoms with Gasteiger partial charge in [-0.1, -0.05) is 6.07 Å². The molecule has 182 valence electrons. The van der Waals surface area contributed by atoms with Gasteiger partial charge in [0.2, 0.25) is 6.10 Å². The summed E-state index contributed by atoms with van der Waals surface area (Å²) in [6.07, 6.45) is 0.0411. The van der Waals surface area contributed by atoms with Gasteiger partial charge >= 0.3 is 17.9 Å². The van der Waals surface area contributed by atoms with Crippen molar-refractivity contribution >= 4 is 17.9 Å². The number of esters is 2. The van der Waals surface area contributed by atoms with Crippen LogP contribution in [-0.4, -0.2) is 77.6 Å². The molecule has 2 aliphatic carbocycles. The Bertz CT molecular complexity index is 1110. The Morgan fingerprint density at radius 3 is 2.76 bits per heavy atom. The molecule has 2 aliphatic heterocycles. The lowest BCUT2D eigenvalue weighted by Crippen LogP contribution is -2.74. The topological polar surface area (TPSA) is 132 Å². The fourth-order valence-corrected chi connectivity index (χ4v) is 6.29. The lowest BCUT2D eigenvalue weighted by molar-refractivity contribution is -0.173. The summed E-state index contributed by atoms with van der Waals surface area (Å²) in [6.45, 7) is 1.79. The zero-order chi connectivity index (χ0) is 24.4. The lowest BCUT2D eigenvalue weighted by Gasteiger charge is -2.61. The highest BCUT2D eigenvalue weighted by Gasteiger charge is 2.72. The first-order valence-electron chi connectivity index (χ1n) is 11.2. The number of hydrogen-bond acceptors (Lipinski definition) is 9. The van der Waals surface area contributed by atoms with Gasteiger partial charge in [-0.2, -0.15) is 0 Å². The molecule has 5 atom stereocenters. The SMILES string of the molecule is COc1ccc2c3c1O[C@H]1C(OC(=O)C[C@H](OC(C)=O)C(=O)O)=CC[C@@]4(O)[C@@H](C2)N(C)CC[C@]314. The number of likely N-dealkylation sites (tertiary alicyclic amines) is 1. The van der Waals surface area contributed by atoms with Crippen LogP contribution in [0.3, 0.4) is 0 Å². The van der Waals surface area contributed by atoms with E-state index in [9.17, 15) is 24.6 Å². The first-order valence-corrected chi connectivity index (χ1v) is 11.2. The van der Waals surface area contributed by atoms with Crippen LogP contribution >= 0.6 is 0 Å². The van der Waals surface area contributed by atoms with Crippen LogP contribution in [0.15, 0.2) is 24.0 Å². The van der Waals surface area contributed by atoms with Crippen LogP contribution in [0.4, 0.5) is 0 Å². The Kier molecular flexibility index (Phi) is 5.14. The molecular weight excluding hydrogens is 446 g/mol. The van der Waals surface area contributed by atoms with E-state index in [0.717, 1.165) is 24.6 Å². The van der Waals surface area contributed by atoms with Gasteiger partial charge in [0, 0.05) is 24.9 Å². The molecule has 10 heteroatoms. The highest BCUT2D eigenvalue weighted by Crippen LogP contribution is 2.65. The second-order valence-corrected chi connectivity index (χ2v) is 9.40. The van der Waals surface area contributed by atoms with Crippen LogP contribution in [-0.2, 0) is 35.7 Å². The third kappa shape index (κ3) is 2.98. The minimum absolute atomic E-state index is 0.145.